The highest BCUT2D eigenvalue weighted by Crippen LogP contribution is 2.02. The number of hydrogen-bond acceptors (Lipinski definition) is 0. The summed E-state index contributed by atoms with van der Waals surface area (Å²) in [5, 5.41) is 0. The van der Waals surface area contributed by atoms with Gasteiger partial charge < -0.3 is 0 Å². The molecule has 0 N–H and O–H groups in total. The maximum Gasteiger partial charge on any atom is -0.0262 e. The Labute approximate surface area is 126 Å². The van der Waals surface area contributed by atoms with Crippen LogP contribution in [-0.4, -0.2) is 0 Å². The van der Waals surface area contributed by atoms with Gasteiger partial charge in [-0.1, -0.05) is 88.4 Å². The quantitative estimate of drug-likeness (QED) is 0.546. The van der Waals surface area contributed by atoms with E-state index in [1.165, 1.54) is 43.2 Å². The molecule has 0 aliphatic rings. The maximum atomic E-state index is 3.66. The highest BCUT2D eigenvalue weighted by molar-refractivity contribution is 5.85. The second-order valence-corrected chi connectivity index (χ2v) is 4.18. The summed E-state index contributed by atoms with van der Waals surface area (Å²) in [6, 6.07) is 8.28. The Balaban J connectivity index is -0.000000232. The molecule has 0 heterocycles. The summed E-state index contributed by atoms with van der Waals surface area (Å²) in [7, 11) is 0. The summed E-state index contributed by atoms with van der Waals surface area (Å²) in [5.74, 6) is 0. The molecule has 2 heteroatoms. The van der Waals surface area contributed by atoms with E-state index in [2.05, 4.69) is 51.6 Å². The van der Waals surface area contributed by atoms with Crippen molar-refractivity contribution in [1.29, 1.82) is 0 Å². The van der Waals surface area contributed by atoms with Crippen molar-refractivity contribution in [1.82, 2.24) is 0 Å². The second kappa shape index (κ2) is 16.5. The van der Waals surface area contributed by atoms with Gasteiger partial charge in [0.25, 0.3) is 0 Å². The van der Waals surface area contributed by atoms with Crippen LogP contribution in [0.2, 0.25) is 0 Å². The lowest BCUT2D eigenvalue weighted by atomic mass is 10.2. The van der Waals surface area contributed by atoms with Crippen molar-refractivity contribution in [2.24, 2.45) is 0 Å². The first kappa shape index (κ1) is 22.7. The topological polar surface area (TPSA) is 0 Å². The van der Waals surface area contributed by atoms with Crippen molar-refractivity contribution >= 4 is 30.9 Å². The molecule has 0 unspecified atom stereocenters. The Morgan fingerprint density at radius 2 is 1.33 bits per heavy atom. The Kier molecular flexibility index (Phi) is 20.9. The van der Waals surface area contributed by atoms with Gasteiger partial charge in [-0.25, -0.2) is 0 Å². The van der Waals surface area contributed by atoms with Crippen LogP contribution >= 0.6 is 24.8 Å². The van der Waals surface area contributed by atoms with E-state index in [4.69, 9.17) is 0 Å². The molecule has 106 valence electrons. The first-order chi connectivity index (χ1) is 7.74. The van der Waals surface area contributed by atoms with Gasteiger partial charge in [-0.05, 0) is 12.5 Å². The van der Waals surface area contributed by atoms with Crippen LogP contribution in [0.3, 0.4) is 0 Å². The first-order valence-electron chi connectivity index (χ1n) is 6.43. The van der Waals surface area contributed by atoms with Crippen molar-refractivity contribution in [2.75, 3.05) is 0 Å². The van der Waals surface area contributed by atoms with E-state index in [1.54, 1.807) is 0 Å². The maximum absolute atomic E-state index is 3.66. The first-order valence-corrected chi connectivity index (χ1v) is 6.43. The minimum atomic E-state index is 0. The molecule has 0 amide bonds. The van der Waals surface area contributed by atoms with Gasteiger partial charge in [0.15, 0.2) is 0 Å². The molecule has 0 bridgehead atoms. The molecule has 0 saturated carbocycles. The van der Waals surface area contributed by atoms with Gasteiger partial charge in [0, 0.05) is 0 Å². The van der Waals surface area contributed by atoms with Crippen molar-refractivity contribution in [2.45, 2.75) is 52.9 Å². The molecule has 0 aliphatic heterocycles. The summed E-state index contributed by atoms with van der Waals surface area (Å²) in [6.45, 7) is 10.2. The number of benzene rings is 1. The van der Waals surface area contributed by atoms with Crippen LogP contribution in [0.15, 0.2) is 30.8 Å². The third-order valence-electron chi connectivity index (χ3n) is 2.52. The molecule has 0 spiro atoms. The van der Waals surface area contributed by atoms with Gasteiger partial charge >= 0.3 is 0 Å². The Morgan fingerprint density at radius 3 is 1.67 bits per heavy atom. The van der Waals surface area contributed by atoms with E-state index in [0.717, 1.165) is 0 Å². The fourth-order valence-corrected chi connectivity index (χ4v) is 1.38. The molecule has 0 saturated heterocycles. The van der Waals surface area contributed by atoms with Gasteiger partial charge in [-0.15, -0.1) is 24.8 Å². The molecule has 0 nitrogen and oxygen atoms in total. The normalized spacial score (nSPS) is 8.17. The molecular weight excluding hydrogens is 263 g/mol. The highest BCUT2D eigenvalue weighted by atomic mass is 35.5. The Hall–Kier alpha value is -0.460. The van der Waals surface area contributed by atoms with Crippen LogP contribution in [0.25, 0.3) is 6.08 Å². The predicted molar refractivity (Wildman–Crippen MR) is 90.2 cm³/mol. The van der Waals surface area contributed by atoms with Crippen LogP contribution in [0.4, 0.5) is 0 Å². The Morgan fingerprint density at radius 1 is 0.889 bits per heavy atom. The van der Waals surface area contributed by atoms with E-state index in [1.807, 2.05) is 6.08 Å². The van der Waals surface area contributed by atoms with Gasteiger partial charge in [-0.2, -0.15) is 0 Å². The van der Waals surface area contributed by atoms with Crippen LogP contribution in [0.5, 0.6) is 0 Å². The van der Waals surface area contributed by atoms with Crippen molar-refractivity contribution < 1.29 is 0 Å². The minimum Gasteiger partial charge on any atom is -0.147 e. The summed E-state index contributed by atoms with van der Waals surface area (Å²) >= 11 is 0. The van der Waals surface area contributed by atoms with E-state index in [0.29, 0.717) is 0 Å². The summed E-state index contributed by atoms with van der Waals surface area (Å²) in [4.78, 5) is 0. The lowest BCUT2D eigenvalue weighted by Gasteiger charge is -1.91. The fourth-order valence-electron chi connectivity index (χ4n) is 1.38. The van der Waals surface area contributed by atoms with Crippen molar-refractivity contribution in [3.63, 3.8) is 0 Å². The zero-order valence-corrected chi connectivity index (χ0v) is 13.6. The number of unbranched alkanes of at least 4 members (excludes halogenated alkanes) is 4. The lowest BCUT2D eigenvalue weighted by molar-refractivity contribution is 0.656. The van der Waals surface area contributed by atoms with Crippen LogP contribution in [0, 0.1) is 6.92 Å². The number of hydrogen-bond donors (Lipinski definition) is 0. The molecule has 0 aliphatic carbocycles. The molecule has 0 atom stereocenters. The van der Waals surface area contributed by atoms with E-state index in [-0.39, 0.29) is 24.8 Å². The standard InChI is InChI=1S/C9H10.C7H16.2ClH/c1-3-9-6-4-8(2)5-7-9;1-3-5-7-6-4-2;;/h3-7H,1H2,2H3;3-7H2,1-2H3;2*1H. The lowest BCUT2D eigenvalue weighted by Crippen LogP contribution is -1.71. The molecular formula is C16H28Cl2. The third kappa shape index (κ3) is 13.6. The molecule has 1 rings (SSSR count). The number of aryl methyl sites for hydroxylation is 1. The van der Waals surface area contributed by atoms with Crippen molar-refractivity contribution in [3.8, 4) is 0 Å². The summed E-state index contributed by atoms with van der Waals surface area (Å²) < 4.78 is 0. The summed E-state index contributed by atoms with van der Waals surface area (Å²) in [6.07, 6.45) is 8.86. The van der Waals surface area contributed by atoms with Gasteiger partial charge in [0.2, 0.25) is 0 Å². The molecule has 0 fully saturated rings. The van der Waals surface area contributed by atoms with Gasteiger partial charge in [0.05, 0.1) is 0 Å². The molecule has 0 aromatic heterocycles. The number of rotatable bonds is 5. The van der Waals surface area contributed by atoms with Crippen LogP contribution in [-0.2, 0) is 0 Å². The van der Waals surface area contributed by atoms with E-state index >= 15 is 0 Å². The second-order valence-electron chi connectivity index (χ2n) is 4.18. The fraction of sp³-hybridized carbons (Fsp3) is 0.500. The summed E-state index contributed by atoms with van der Waals surface area (Å²) in [5.41, 5.74) is 2.47. The predicted octanol–water partition coefficient (Wildman–Crippen LogP) is 6.46. The minimum absolute atomic E-state index is 0. The molecule has 1 aromatic rings. The van der Waals surface area contributed by atoms with Crippen LogP contribution in [0.1, 0.15) is 57.1 Å². The number of halogens is 2. The molecule has 1 aromatic carbocycles. The largest absolute Gasteiger partial charge is 0.147 e. The SMILES string of the molecule is C=Cc1ccc(C)cc1.CCCCCCC.Cl.Cl. The van der Waals surface area contributed by atoms with Gasteiger partial charge in [0.1, 0.15) is 0 Å². The smallest absolute Gasteiger partial charge is 0.0262 e. The van der Waals surface area contributed by atoms with Crippen molar-refractivity contribution in [3.05, 3.63) is 42.0 Å². The van der Waals surface area contributed by atoms with E-state index < -0.39 is 0 Å². The zero-order chi connectivity index (χ0) is 12.2. The molecule has 0 radical (unpaired) electrons. The molecule has 18 heavy (non-hydrogen) atoms. The third-order valence-corrected chi connectivity index (χ3v) is 2.52. The Bertz CT molecular complexity index is 261. The van der Waals surface area contributed by atoms with Gasteiger partial charge in [-0.3, -0.25) is 0 Å². The average molecular weight is 291 g/mol. The zero-order valence-electron chi connectivity index (χ0n) is 11.9. The van der Waals surface area contributed by atoms with E-state index in [9.17, 15) is 0 Å². The highest BCUT2D eigenvalue weighted by Gasteiger charge is 1.82. The monoisotopic (exact) mass is 290 g/mol. The average Bonchev–Trinajstić information content (AvgIpc) is 2.32. The van der Waals surface area contributed by atoms with Crippen LogP contribution < -0.4 is 0 Å².